The minimum Gasteiger partial charge on any atom is -0.204 e. The van der Waals surface area contributed by atoms with Gasteiger partial charge in [-0.2, -0.15) is 0 Å². The molecule has 0 nitrogen and oxygen atoms in total. The molecule has 2 aliphatic carbocycles. The summed E-state index contributed by atoms with van der Waals surface area (Å²) in [6.07, 6.45) is 13.1. The fourth-order valence-corrected chi connectivity index (χ4v) is 5.41. The molecule has 0 bridgehead atoms. The van der Waals surface area contributed by atoms with E-state index in [0.717, 1.165) is 36.2 Å². The standard InChI is InChI=1S/C27H32F2/c1-2-3-19-4-6-20(7-5-19)21-8-10-22(11-9-21)23-12-14-24(15-13-23)25-16-17-26(28)27(29)18-25/h4-7,14,16-18,21-23H,2-3,8-13,15H2,1H3/t21-,22-,23?. The Labute approximate surface area is 174 Å². The number of hydrogen-bond acceptors (Lipinski definition) is 0. The van der Waals surface area contributed by atoms with E-state index >= 15 is 0 Å². The van der Waals surface area contributed by atoms with Crippen molar-refractivity contribution in [1.82, 2.24) is 0 Å². The highest BCUT2D eigenvalue weighted by atomic mass is 19.2. The van der Waals surface area contributed by atoms with Crippen LogP contribution >= 0.6 is 0 Å². The summed E-state index contributed by atoms with van der Waals surface area (Å²) in [5, 5.41) is 0. The smallest absolute Gasteiger partial charge is 0.159 e. The Morgan fingerprint density at radius 2 is 1.59 bits per heavy atom. The van der Waals surface area contributed by atoms with Crippen molar-refractivity contribution < 1.29 is 8.78 Å². The maximum atomic E-state index is 13.5. The highest BCUT2D eigenvalue weighted by molar-refractivity contribution is 5.66. The van der Waals surface area contributed by atoms with Gasteiger partial charge in [-0.25, -0.2) is 8.78 Å². The molecule has 2 aromatic carbocycles. The Morgan fingerprint density at radius 3 is 2.21 bits per heavy atom. The third kappa shape index (κ3) is 4.79. The van der Waals surface area contributed by atoms with Crippen LogP contribution in [0, 0.1) is 23.5 Å². The first-order valence-corrected chi connectivity index (χ1v) is 11.4. The van der Waals surface area contributed by atoms with Crippen molar-refractivity contribution in [3.63, 3.8) is 0 Å². The second-order valence-electron chi connectivity index (χ2n) is 9.00. The van der Waals surface area contributed by atoms with E-state index in [2.05, 4.69) is 37.3 Å². The molecule has 1 unspecified atom stereocenters. The van der Waals surface area contributed by atoms with E-state index in [1.807, 2.05) is 0 Å². The van der Waals surface area contributed by atoms with Crippen molar-refractivity contribution >= 4 is 5.57 Å². The van der Waals surface area contributed by atoms with Gasteiger partial charge in [-0.3, -0.25) is 0 Å². The van der Waals surface area contributed by atoms with Gasteiger partial charge >= 0.3 is 0 Å². The van der Waals surface area contributed by atoms with Gasteiger partial charge in [-0.1, -0.05) is 49.8 Å². The van der Waals surface area contributed by atoms with Gasteiger partial charge in [0.2, 0.25) is 0 Å². The monoisotopic (exact) mass is 394 g/mol. The van der Waals surface area contributed by atoms with Crippen molar-refractivity contribution in [2.45, 2.75) is 70.6 Å². The van der Waals surface area contributed by atoms with Gasteiger partial charge in [-0.05, 0) is 104 Å². The van der Waals surface area contributed by atoms with Crippen molar-refractivity contribution in [3.05, 3.63) is 76.9 Å². The van der Waals surface area contributed by atoms with Crippen molar-refractivity contribution in [2.75, 3.05) is 0 Å². The number of hydrogen-bond donors (Lipinski definition) is 0. The van der Waals surface area contributed by atoms with Crippen LogP contribution < -0.4 is 0 Å². The fraction of sp³-hybridized carbons (Fsp3) is 0.481. The number of benzene rings is 2. The third-order valence-corrected chi connectivity index (χ3v) is 7.17. The molecule has 0 radical (unpaired) electrons. The largest absolute Gasteiger partial charge is 0.204 e. The fourth-order valence-electron chi connectivity index (χ4n) is 5.41. The van der Waals surface area contributed by atoms with Gasteiger partial charge in [0.25, 0.3) is 0 Å². The average Bonchev–Trinajstić information content (AvgIpc) is 2.77. The zero-order valence-electron chi connectivity index (χ0n) is 17.5. The van der Waals surface area contributed by atoms with E-state index in [9.17, 15) is 8.78 Å². The first-order chi connectivity index (χ1) is 14.1. The topological polar surface area (TPSA) is 0 Å². The molecule has 0 amide bonds. The van der Waals surface area contributed by atoms with Crippen LogP contribution in [-0.4, -0.2) is 0 Å². The van der Waals surface area contributed by atoms with Gasteiger partial charge in [0, 0.05) is 0 Å². The lowest BCUT2D eigenvalue weighted by molar-refractivity contribution is 0.221. The number of halogens is 2. The van der Waals surface area contributed by atoms with E-state index in [4.69, 9.17) is 0 Å². The predicted octanol–water partition coefficient (Wildman–Crippen LogP) is 8.07. The van der Waals surface area contributed by atoms with Crippen molar-refractivity contribution in [2.24, 2.45) is 11.8 Å². The zero-order chi connectivity index (χ0) is 20.2. The second-order valence-corrected chi connectivity index (χ2v) is 9.00. The van der Waals surface area contributed by atoms with Crippen LogP contribution in [0.15, 0.2) is 48.5 Å². The van der Waals surface area contributed by atoms with Gasteiger partial charge in [0.1, 0.15) is 0 Å². The Bertz CT molecular complexity index is 841. The quantitative estimate of drug-likeness (QED) is 0.481. The van der Waals surface area contributed by atoms with Crippen LogP contribution in [0.2, 0.25) is 0 Å². The first-order valence-electron chi connectivity index (χ1n) is 11.4. The molecule has 0 aromatic heterocycles. The molecule has 0 heterocycles. The van der Waals surface area contributed by atoms with Crippen LogP contribution in [0.5, 0.6) is 0 Å². The van der Waals surface area contributed by atoms with Gasteiger partial charge in [-0.15, -0.1) is 0 Å². The van der Waals surface area contributed by atoms with Crippen LogP contribution in [0.4, 0.5) is 8.78 Å². The van der Waals surface area contributed by atoms with Crippen LogP contribution in [0.1, 0.15) is 80.9 Å². The average molecular weight is 395 g/mol. The Kier molecular flexibility index (Phi) is 6.47. The summed E-state index contributed by atoms with van der Waals surface area (Å²) in [5.74, 6) is 0.774. The van der Waals surface area contributed by atoms with Gasteiger partial charge in [0.05, 0.1) is 0 Å². The summed E-state index contributed by atoms with van der Waals surface area (Å²) in [5.41, 5.74) is 5.00. The lowest BCUT2D eigenvalue weighted by atomic mass is 9.70. The highest BCUT2D eigenvalue weighted by Gasteiger charge is 2.29. The summed E-state index contributed by atoms with van der Waals surface area (Å²) >= 11 is 0. The molecule has 0 aliphatic heterocycles. The molecule has 0 saturated heterocycles. The maximum Gasteiger partial charge on any atom is 0.159 e. The molecule has 2 heteroatoms. The molecule has 1 fully saturated rings. The van der Waals surface area contributed by atoms with E-state index in [1.54, 1.807) is 6.07 Å². The predicted molar refractivity (Wildman–Crippen MR) is 117 cm³/mol. The Morgan fingerprint density at radius 1 is 0.828 bits per heavy atom. The molecule has 0 N–H and O–H groups in total. The molecule has 29 heavy (non-hydrogen) atoms. The second kappa shape index (κ2) is 9.24. The minimum absolute atomic E-state index is 0.721. The highest BCUT2D eigenvalue weighted by Crippen LogP contribution is 2.43. The van der Waals surface area contributed by atoms with E-state index in [-0.39, 0.29) is 0 Å². The molecular weight excluding hydrogens is 362 g/mol. The molecule has 4 rings (SSSR count). The van der Waals surface area contributed by atoms with Crippen LogP contribution in [-0.2, 0) is 6.42 Å². The summed E-state index contributed by atoms with van der Waals surface area (Å²) in [6, 6.07) is 13.6. The number of aryl methyl sites for hydroxylation is 1. The minimum atomic E-state index is -0.764. The van der Waals surface area contributed by atoms with E-state index in [1.165, 1.54) is 73.8 Å². The van der Waals surface area contributed by atoms with Crippen molar-refractivity contribution in [1.29, 1.82) is 0 Å². The maximum absolute atomic E-state index is 13.5. The van der Waals surface area contributed by atoms with E-state index in [0.29, 0.717) is 0 Å². The molecule has 0 spiro atoms. The first kappa shape index (κ1) is 20.3. The lowest BCUT2D eigenvalue weighted by Crippen LogP contribution is -2.22. The Hall–Kier alpha value is -1.96. The van der Waals surface area contributed by atoms with Crippen molar-refractivity contribution in [3.8, 4) is 0 Å². The molecule has 2 aliphatic rings. The van der Waals surface area contributed by atoms with Crippen LogP contribution in [0.25, 0.3) is 5.57 Å². The lowest BCUT2D eigenvalue weighted by Gasteiger charge is -2.35. The summed E-state index contributed by atoms with van der Waals surface area (Å²) in [6.45, 7) is 2.23. The summed E-state index contributed by atoms with van der Waals surface area (Å²) in [4.78, 5) is 0. The summed E-state index contributed by atoms with van der Waals surface area (Å²) in [7, 11) is 0. The SMILES string of the molecule is CCCc1ccc([C@H]2CC[C@H](C3CC=C(c4ccc(F)c(F)c4)CC3)CC2)cc1. The Balaban J connectivity index is 1.31. The zero-order valence-corrected chi connectivity index (χ0v) is 17.5. The number of allylic oxidation sites excluding steroid dienone is 2. The molecule has 154 valence electrons. The summed E-state index contributed by atoms with van der Waals surface area (Å²) < 4.78 is 26.7. The normalized spacial score (nSPS) is 24.9. The molecule has 1 saturated carbocycles. The third-order valence-electron chi connectivity index (χ3n) is 7.17. The van der Waals surface area contributed by atoms with E-state index < -0.39 is 11.6 Å². The number of rotatable bonds is 5. The van der Waals surface area contributed by atoms with Crippen LogP contribution in [0.3, 0.4) is 0 Å². The molecular formula is C27H32F2. The van der Waals surface area contributed by atoms with Gasteiger partial charge in [0.15, 0.2) is 11.6 Å². The molecule has 1 atom stereocenters. The molecule has 2 aromatic rings. The van der Waals surface area contributed by atoms with Gasteiger partial charge < -0.3 is 0 Å².